The Kier molecular flexibility index (Phi) is 2.99. The number of rotatable bonds is 2. The molecule has 0 aliphatic heterocycles. The molecule has 7 nitrogen and oxygen atoms in total. The number of fused-ring (bicyclic) bond motifs is 3. The van der Waals surface area contributed by atoms with E-state index in [0.29, 0.717) is 23.5 Å². The molecule has 0 radical (unpaired) electrons. The highest BCUT2D eigenvalue weighted by atomic mass is 16.2. The summed E-state index contributed by atoms with van der Waals surface area (Å²) in [6, 6.07) is 10.1. The van der Waals surface area contributed by atoms with Crippen molar-refractivity contribution in [2.45, 2.75) is 20.4 Å². The molecule has 0 bridgehead atoms. The van der Waals surface area contributed by atoms with E-state index in [0.717, 1.165) is 17.0 Å². The average Bonchev–Trinajstić information content (AvgIpc) is 3.06. The average molecular weight is 323 g/mol. The van der Waals surface area contributed by atoms with Gasteiger partial charge in [0.2, 0.25) is 5.78 Å². The van der Waals surface area contributed by atoms with Crippen LogP contribution in [0.3, 0.4) is 0 Å². The molecule has 0 aliphatic carbocycles. The van der Waals surface area contributed by atoms with E-state index < -0.39 is 11.2 Å². The molecule has 0 spiro atoms. The third-order valence-electron chi connectivity index (χ3n) is 4.59. The molecule has 3 aromatic heterocycles. The van der Waals surface area contributed by atoms with Crippen molar-refractivity contribution in [1.29, 1.82) is 0 Å². The summed E-state index contributed by atoms with van der Waals surface area (Å²) in [7, 11) is 1.61. The van der Waals surface area contributed by atoms with E-state index in [4.69, 9.17) is 0 Å². The molecular weight excluding hydrogens is 306 g/mol. The number of aromatic nitrogens is 5. The third kappa shape index (κ3) is 1.87. The summed E-state index contributed by atoms with van der Waals surface area (Å²) >= 11 is 0. The fourth-order valence-corrected chi connectivity index (χ4v) is 3.13. The Morgan fingerprint density at radius 2 is 1.79 bits per heavy atom. The molecule has 0 aliphatic rings. The van der Waals surface area contributed by atoms with Gasteiger partial charge in [0.15, 0.2) is 11.2 Å². The summed E-state index contributed by atoms with van der Waals surface area (Å²) in [5.41, 5.74) is 3.04. The predicted molar refractivity (Wildman–Crippen MR) is 91.6 cm³/mol. The monoisotopic (exact) mass is 323 g/mol. The topological polar surface area (TPSA) is 77.1 Å². The first-order valence-corrected chi connectivity index (χ1v) is 7.70. The molecule has 4 rings (SSSR count). The number of hydrogen-bond acceptors (Lipinski definition) is 3. The molecule has 3 heterocycles. The molecule has 4 aromatic rings. The largest absolute Gasteiger partial charge is 0.329 e. The predicted octanol–water partition coefficient (Wildman–Crippen LogP) is 1.34. The van der Waals surface area contributed by atoms with Gasteiger partial charge in [-0.2, -0.15) is 4.98 Å². The number of nitrogens with one attached hydrogen (secondary N) is 1. The van der Waals surface area contributed by atoms with Crippen LogP contribution in [0.5, 0.6) is 0 Å². The summed E-state index contributed by atoms with van der Waals surface area (Å²) in [6.45, 7) is 4.61. The summed E-state index contributed by atoms with van der Waals surface area (Å²) < 4.78 is 5.26. The number of hydrogen-bond donors (Lipinski definition) is 1. The molecule has 1 N–H and O–H groups in total. The first-order valence-electron chi connectivity index (χ1n) is 7.70. The zero-order chi connectivity index (χ0) is 17.0. The van der Waals surface area contributed by atoms with E-state index in [9.17, 15) is 9.59 Å². The number of aromatic amines is 1. The van der Waals surface area contributed by atoms with E-state index in [1.165, 1.54) is 4.57 Å². The lowest BCUT2D eigenvalue weighted by atomic mass is 10.2. The summed E-state index contributed by atoms with van der Waals surface area (Å²) in [5, 5.41) is 0. The zero-order valence-corrected chi connectivity index (χ0v) is 13.7. The van der Waals surface area contributed by atoms with Crippen molar-refractivity contribution in [3.05, 3.63) is 68.1 Å². The Balaban J connectivity index is 2.09. The van der Waals surface area contributed by atoms with Gasteiger partial charge in [0.1, 0.15) is 0 Å². The van der Waals surface area contributed by atoms with E-state index in [1.807, 2.05) is 36.4 Å². The van der Waals surface area contributed by atoms with Crippen molar-refractivity contribution >= 4 is 16.9 Å². The van der Waals surface area contributed by atoms with Gasteiger partial charge in [0, 0.05) is 18.4 Å². The van der Waals surface area contributed by atoms with Gasteiger partial charge >= 0.3 is 5.69 Å². The molecule has 0 saturated carbocycles. The van der Waals surface area contributed by atoms with Gasteiger partial charge < -0.3 is 4.57 Å². The molecule has 24 heavy (non-hydrogen) atoms. The van der Waals surface area contributed by atoms with Crippen LogP contribution in [-0.2, 0) is 13.6 Å². The molecule has 0 atom stereocenters. The Bertz CT molecular complexity index is 1190. The van der Waals surface area contributed by atoms with Crippen LogP contribution in [0.15, 0.2) is 39.9 Å². The standard InChI is InChI=1S/C17H17N5O2/c1-10-11(2)22-13-14(20(3)17(24)19-15(13)23)18-16(22)21(10)9-12-7-5-4-6-8-12/h4-8H,9H2,1-3H3,(H,19,23,24). The fourth-order valence-electron chi connectivity index (χ4n) is 3.13. The summed E-state index contributed by atoms with van der Waals surface area (Å²) in [5.74, 6) is 0.663. The number of nitrogens with zero attached hydrogens (tertiary/aromatic N) is 4. The van der Waals surface area contributed by atoms with Crippen molar-refractivity contribution < 1.29 is 0 Å². The molecular formula is C17H17N5O2. The SMILES string of the molecule is Cc1c(C)n2c3c(=O)[nH]c(=O)n(C)c3nc2n1Cc1ccccc1. The Labute approximate surface area is 136 Å². The fraction of sp³-hybridized carbons (Fsp3) is 0.235. The van der Waals surface area contributed by atoms with E-state index in [-0.39, 0.29) is 0 Å². The van der Waals surface area contributed by atoms with Gasteiger partial charge in [-0.05, 0) is 19.4 Å². The summed E-state index contributed by atoms with van der Waals surface area (Å²) in [4.78, 5) is 31.1. The van der Waals surface area contributed by atoms with Crippen LogP contribution in [0, 0.1) is 13.8 Å². The molecule has 0 unspecified atom stereocenters. The van der Waals surface area contributed by atoms with Crippen molar-refractivity contribution in [2.24, 2.45) is 7.05 Å². The molecule has 122 valence electrons. The maximum atomic E-state index is 12.3. The van der Waals surface area contributed by atoms with Gasteiger partial charge in [-0.25, -0.2) is 4.79 Å². The van der Waals surface area contributed by atoms with Crippen LogP contribution in [-0.4, -0.2) is 23.5 Å². The Morgan fingerprint density at radius 1 is 1.08 bits per heavy atom. The third-order valence-corrected chi connectivity index (χ3v) is 4.59. The normalized spacial score (nSPS) is 11.6. The quantitative estimate of drug-likeness (QED) is 0.605. The number of benzene rings is 1. The minimum atomic E-state index is -0.461. The van der Waals surface area contributed by atoms with Crippen molar-refractivity contribution in [2.75, 3.05) is 0 Å². The maximum absolute atomic E-state index is 12.3. The number of imidazole rings is 2. The minimum absolute atomic E-state index is 0.392. The van der Waals surface area contributed by atoms with Crippen LogP contribution in [0.4, 0.5) is 0 Å². The Hall–Kier alpha value is -3.09. The second-order valence-corrected chi connectivity index (χ2v) is 5.98. The van der Waals surface area contributed by atoms with Gasteiger partial charge in [0.25, 0.3) is 5.56 Å². The second kappa shape index (κ2) is 4.95. The van der Waals surface area contributed by atoms with Gasteiger partial charge in [-0.3, -0.25) is 18.7 Å². The minimum Gasteiger partial charge on any atom is -0.309 e. The molecule has 0 amide bonds. The van der Waals surface area contributed by atoms with Gasteiger partial charge in [-0.15, -0.1) is 0 Å². The number of H-pyrrole nitrogens is 1. The summed E-state index contributed by atoms with van der Waals surface area (Å²) in [6.07, 6.45) is 0. The smallest absolute Gasteiger partial charge is 0.309 e. The van der Waals surface area contributed by atoms with Gasteiger partial charge in [-0.1, -0.05) is 30.3 Å². The van der Waals surface area contributed by atoms with Crippen LogP contribution in [0.1, 0.15) is 17.0 Å². The second-order valence-electron chi connectivity index (χ2n) is 5.98. The lowest BCUT2D eigenvalue weighted by Gasteiger charge is -2.06. The molecule has 7 heteroatoms. The van der Waals surface area contributed by atoms with E-state index >= 15 is 0 Å². The lowest BCUT2D eigenvalue weighted by molar-refractivity contribution is 0.786. The van der Waals surface area contributed by atoms with E-state index in [2.05, 4.69) is 26.7 Å². The highest BCUT2D eigenvalue weighted by Crippen LogP contribution is 2.21. The molecule has 1 aromatic carbocycles. The van der Waals surface area contributed by atoms with Crippen LogP contribution >= 0.6 is 0 Å². The number of aryl methyl sites for hydroxylation is 2. The first-order chi connectivity index (χ1) is 11.5. The lowest BCUT2D eigenvalue weighted by Crippen LogP contribution is -2.28. The maximum Gasteiger partial charge on any atom is 0.329 e. The molecule has 0 fully saturated rings. The zero-order valence-electron chi connectivity index (χ0n) is 13.7. The highest BCUT2D eigenvalue weighted by Gasteiger charge is 2.20. The van der Waals surface area contributed by atoms with Crippen LogP contribution < -0.4 is 11.2 Å². The first kappa shape index (κ1) is 14.5. The highest BCUT2D eigenvalue weighted by molar-refractivity contribution is 5.76. The Morgan fingerprint density at radius 3 is 2.50 bits per heavy atom. The van der Waals surface area contributed by atoms with Crippen molar-refractivity contribution in [3.63, 3.8) is 0 Å². The molecule has 0 saturated heterocycles. The van der Waals surface area contributed by atoms with Crippen molar-refractivity contribution in [3.8, 4) is 0 Å². The van der Waals surface area contributed by atoms with Crippen LogP contribution in [0.2, 0.25) is 0 Å². The van der Waals surface area contributed by atoms with Gasteiger partial charge in [0.05, 0.1) is 6.54 Å². The van der Waals surface area contributed by atoms with Crippen LogP contribution in [0.25, 0.3) is 16.9 Å². The van der Waals surface area contributed by atoms with E-state index in [1.54, 1.807) is 7.05 Å². The van der Waals surface area contributed by atoms with Crippen molar-refractivity contribution in [1.82, 2.24) is 23.5 Å².